The zero-order valence-electron chi connectivity index (χ0n) is 7.24. The lowest BCUT2D eigenvalue weighted by atomic mass is 10.4. The lowest BCUT2D eigenvalue weighted by molar-refractivity contribution is 0.372. The van der Waals surface area contributed by atoms with E-state index in [1.807, 2.05) is 0 Å². The summed E-state index contributed by atoms with van der Waals surface area (Å²) in [5.74, 6) is 0. The summed E-state index contributed by atoms with van der Waals surface area (Å²) in [7, 11) is 0. The fraction of sp³-hybridized carbons (Fsp3) is 1.00. The van der Waals surface area contributed by atoms with Crippen LogP contribution in [0.1, 0.15) is 6.42 Å². The average Bonchev–Trinajstić information content (AvgIpc) is 2.24. The molecule has 6 heteroatoms. The van der Waals surface area contributed by atoms with Gasteiger partial charge in [-0.15, -0.1) is 0 Å². The molecule has 0 saturated carbocycles. The van der Waals surface area contributed by atoms with Gasteiger partial charge in [0.15, 0.2) is 0 Å². The first-order valence-corrected chi connectivity index (χ1v) is 4.33. The number of hydrogen-bond acceptors (Lipinski definition) is 6. The molecule has 12 heavy (non-hydrogen) atoms. The Hall–Kier alpha value is -0.240. The molecule has 2 aliphatic heterocycles. The second-order valence-corrected chi connectivity index (χ2v) is 2.61. The minimum absolute atomic E-state index is 0.938. The monoisotopic (exact) mass is 174 g/mol. The van der Waals surface area contributed by atoms with Crippen LogP contribution in [-0.2, 0) is 0 Å². The maximum absolute atomic E-state index is 3.06. The highest BCUT2D eigenvalue weighted by atomic mass is 15.6. The minimum atomic E-state index is 0.938. The van der Waals surface area contributed by atoms with Gasteiger partial charge < -0.3 is 0 Å². The van der Waals surface area contributed by atoms with Crippen LogP contribution in [0, 0.1) is 0 Å². The van der Waals surface area contributed by atoms with Gasteiger partial charge in [0.05, 0.1) is 0 Å². The molecule has 0 aromatic heterocycles. The molecule has 2 rings (SSSR count). The van der Waals surface area contributed by atoms with Gasteiger partial charge in [0.1, 0.15) is 0 Å². The van der Waals surface area contributed by atoms with Crippen LogP contribution in [-0.4, -0.2) is 33.1 Å². The van der Waals surface area contributed by atoms with Gasteiger partial charge in [-0.05, 0) is 6.42 Å². The molecule has 0 unspecified atom stereocenters. The Morgan fingerprint density at radius 3 is 1.33 bits per heavy atom. The van der Waals surface area contributed by atoms with E-state index in [2.05, 4.69) is 32.3 Å². The predicted octanol–water partition coefficient (Wildman–Crippen LogP) is -2.37. The second-order valence-electron chi connectivity index (χ2n) is 2.61. The van der Waals surface area contributed by atoms with Crippen LogP contribution in [0.25, 0.3) is 0 Å². The van der Waals surface area contributed by atoms with Crippen LogP contribution in [0.5, 0.6) is 0 Å². The number of hydrazine groups is 2. The molecule has 2 aliphatic rings. The van der Waals surface area contributed by atoms with Gasteiger partial charge in [0.25, 0.3) is 0 Å². The highest BCUT2D eigenvalue weighted by Gasteiger charge is 1.90. The molecule has 2 fully saturated rings. The molecule has 6 N–H and O–H groups in total. The third kappa shape index (κ3) is 5.42. The number of nitrogens with one attached hydrogen (secondary N) is 6. The molecular formula is C6H18N6. The van der Waals surface area contributed by atoms with Crippen molar-refractivity contribution >= 4 is 0 Å². The lowest BCUT2D eigenvalue weighted by Crippen LogP contribution is -2.49. The average molecular weight is 174 g/mol. The molecule has 0 radical (unpaired) electrons. The number of hydrogen-bond donors (Lipinski definition) is 6. The van der Waals surface area contributed by atoms with Crippen molar-refractivity contribution in [2.75, 3.05) is 33.1 Å². The third-order valence-corrected chi connectivity index (χ3v) is 1.53. The largest absolute Gasteiger partial charge is 0.292 e. The van der Waals surface area contributed by atoms with E-state index in [1.54, 1.807) is 0 Å². The summed E-state index contributed by atoms with van der Waals surface area (Å²) in [4.78, 5) is 0. The molecule has 0 spiro atoms. The van der Waals surface area contributed by atoms with Crippen LogP contribution in [0.15, 0.2) is 0 Å². The Morgan fingerprint density at radius 2 is 1.17 bits per heavy atom. The topological polar surface area (TPSA) is 72.2 Å². The SMILES string of the molecule is C1CNNNC1.C1NCNCN1. The van der Waals surface area contributed by atoms with Crippen molar-refractivity contribution in [1.82, 2.24) is 32.3 Å². The van der Waals surface area contributed by atoms with Crippen molar-refractivity contribution < 1.29 is 0 Å². The lowest BCUT2D eigenvalue weighted by Gasteiger charge is -2.13. The van der Waals surface area contributed by atoms with Gasteiger partial charge in [-0.2, -0.15) is 5.53 Å². The van der Waals surface area contributed by atoms with Gasteiger partial charge in [0, 0.05) is 33.1 Å². The van der Waals surface area contributed by atoms with Crippen LogP contribution < -0.4 is 32.3 Å². The van der Waals surface area contributed by atoms with Gasteiger partial charge in [-0.25, -0.2) is 10.9 Å². The van der Waals surface area contributed by atoms with Crippen molar-refractivity contribution in [3.05, 3.63) is 0 Å². The first-order chi connectivity index (χ1) is 6.00. The number of rotatable bonds is 0. The van der Waals surface area contributed by atoms with Gasteiger partial charge in [-0.1, -0.05) is 0 Å². The molecule has 2 saturated heterocycles. The molecule has 0 bridgehead atoms. The Labute approximate surface area is 72.8 Å². The van der Waals surface area contributed by atoms with Crippen LogP contribution in [0.3, 0.4) is 0 Å². The smallest absolute Gasteiger partial charge is 0.0474 e. The van der Waals surface area contributed by atoms with Crippen LogP contribution >= 0.6 is 0 Å². The Kier molecular flexibility index (Phi) is 6.08. The van der Waals surface area contributed by atoms with E-state index in [9.17, 15) is 0 Å². The summed E-state index contributed by atoms with van der Waals surface area (Å²) in [5.41, 5.74) is 8.63. The molecule has 2 heterocycles. The van der Waals surface area contributed by atoms with Crippen molar-refractivity contribution in [3.63, 3.8) is 0 Å². The molecule has 0 atom stereocenters. The molecule has 0 aromatic rings. The molecule has 0 aliphatic carbocycles. The summed E-state index contributed by atoms with van der Waals surface area (Å²) in [6.45, 7) is 4.97. The van der Waals surface area contributed by atoms with E-state index in [0.29, 0.717) is 0 Å². The van der Waals surface area contributed by atoms with E-state index < -0.39 is 0 Å². The van der Waals surface area contributed by atoms with E-state index in [0.717, 1.165) is 33.1 Å². The normalized spacial score (nSPS) is 24.0. The predicted molar refractivity (Wildman–Crippen MR) is 47.8 cm³/mol. The second kappa shape index (κ2) is 7.41. The summed E-state index contributed by atoms with van der Waals surface area (Å²) in [5, 5.41) is 9.19. The zero-order chi connectivity index (χ0) is 8.49. The summed E-state index contributed by atoms with van der Waals surface area (Å²) in [6.07, 6.45) is 1.22. The Bertz CT molecular complexity index is 55.0. The Balaban J connectivity index is 0.000000120. The highest BCUT2D eigenvalue weighted by Crippen LogP contribution is 1.71. The molecular weight excluding hydrogens is 156 g/mol. The fourth-order valence-corrected chi connectivity index (χ4v) is 0.905. The van der Waals surface area contributed by atoms with Crippen LogP contribution in [0.4, 0.5) is 0 Å². The standard InChI is InChI=1S/2C3H9N3/c1-4-2-6-3-5-1;1-2-4-6-5-3-1/h2*4-6H,1-3H2. The third-order valence-electron chi connectivity index (χ3n) is 1.53. The molecule has 0 aromatic carbocycles. The molecule has 72 valence electrons. The summed E-state index contributed by atoms with van der Waals surface area (Å²) in [6, 6.07) is 0. The van der Waals surface area contributed by atoms with E-state index in [4.69, 9.17) is 0 Å². The quantitative estimate of drug-likeness (QED) is 0.247. The van der Waals surface area contributed by atoms with Gasteiger partial charge >= 0.3 is 0 Å². The van der Waals surface area contributed by atoms with Crippen molar-refractivity contribution in [2.24, 2.45) is 0 Å². The first kappa shape index (κ1) is 9.85. The van der Waals surface area contributed by atoms with Crippen molar-refractivity contribution in [1.29, 1.82) is 0 Å². The van der Waals surface area contributed by atoms with E-state index >= 15 is 0 Å². The highest BCUT2D eigenvalue weighted by molar-refractivity contribution is 4.49. The van der Waals surface area contributed by atoms with Crippen molar-refractivity contribution in [2.45, 2.75) is 6.42 Å². The minimum Gasteiger partial charge on any atom is -0.292 e. The molecule has 0 amide bonds. The zero-order valence-corrected chi connectivity index (χ0v) is 7.24. The summed E-state index contributed by atoms with van der Waals surface area (Å²) >= 11 is 0. The van der Waals surface area contributed by atoms with Crippen LogP contribution in [0.2, 0.25) is 0 Å². The van der Waals surface area contributed by atoms with Gasteiger partial charge in [-0.3, -0.25) is 16.0 Å². The van der Waals surface area contributed by atoms with Crippen molar-refractivity contribution in [3.8, 4) is 0 Å². The summed E-state index contributed by atoms with van der Waals surface area (Å²) < 4.78 is 0. The van der Waals surface area contributed by atoms with E-state index in [1.165, 1.54) is 6.42 Å². The fourth-order valence-electron chi connectivity index (χ4n) is 0.905. The maximum atomic E-state index is 3.06. The Morgan fingerprint density at radius 1 is 0.667 bits per heavy atom. The first-order valence-electron chi connectivity index (χ1n) is 4.33. The molecule has 6 nitrogen and oxygen atoms in total. The van der Waals surface area contributed by atoms with E-state index in [-0.39, 0.29) is 0 Å². The van der Waals surface area contributed by atoms with Gasteiger partial charge in [0.2, 0.25) is 0 Å². The maximum Gasteiger partial charge on any atom is 0.0474 e.